The van der Waals surface area contributed by atoms with Gasteiger partial charge in [0.2, 0.25) is 0 Å². The Labute approximate surface area is 434 Å². The van der Waals surface area contributed by atoms with E-state index in [0.717, 1.165) is 17.1 Å². The molecule has 12 aromatic carbocycles. The van der Waals surface area contributed by atoms with Gasteiger partial charge >= 0.3 is 0 Å². The van der Waals surface area contributed by atoms with E-state index in [4.69, 9.17) is 0 Å². The number of fused-ring (bicyclic) bond motifs is 3. The molecule has 356 valence electrons. The van der Waals surface area contributed by atoms with Gasteiger partial charge in [-0.3, -0.25) is 0 Å². The maximum atomic E-state index is 2.53. The summed E-state index contributed by atoms with van der Waals surface area (Å²) in [5, 5.41) is 10.0. The van der Waals surface area contributed by atoms with Crippen LogP contribution in [0.1, 0.15) is 52.7 Å². The predicted octanol–water partition coefficient (Wildman–Crippen LogP) is 20.4. The SMILES string of the molecule is CC(C)(C)c1ccc2c(c1)c1cc(C(C)(C)C)ccc1n2-c1ccc2ccc3c(N(c4ccc(-c5ccc(-c6ccccc6)cc5)cc4)c4cc(-c5ccccc5)cc(-c5ccccc5)c4)ccc4ccc1c2c43. The second-order valence-corrected chi connectivity index (χ2v) is 22.2. The molecule has 0 aliphatic heterocycles. The van der Waals surface area contributed by atoms with Crippen LogP contribution in [0.4, 0.5) is 17.1 Å². The Morgan fingerprint density at radius 2 is 0.703 bits per heavy atom. The van der Waals surface area contributed by atoms with Crippen molar-refractivity contribution < 1.29 is 0 Å². The highest BCUT2D eigenvalue weighted by atomic mass is 15.1. The summed E-state index contributed by atoms with van der Waals surface area (Å²) in [5.74, 6) is 0. The summed E-state index contributed by atoms with van der Waals surface area (Å²) in [5.41, 5.74) is 19.2. The molecule has 74 heavy (non-hydrogen) atoms. The van der Waals surface area contributed by atoms with Crippen molar-refractivity contribution in [1.29, 1.82) is 0 Å². The number of hydrogen-bond donors (Lipinski definition) is 0. The third-order valence-electron chi connectivity index (χ3n) is 15.4. The van der Waals surface area contributed by atoms with Gasteiger partial charge in [0.15, 0.2) is 0 Å². The third-order valence-corrected chi connectivity index (χ3v) is 15.4. The largest absolute Gasteiger partial charge is 0.310 e. The molecule has 0 saturated heterocycles. The van der Waals surface area contributed by atoms with Gasteiger partial charge < -0.3 is 9.47 Å². The van der Waals surface area contributed by atoms with Crippen LogP contribution in [0, 0.1) is 0 Å². The number of rotatable bonds is 8. The zero-order valence-electron chi connectivity index (χ0n) is 43.0. The van der Waals surface area contributed by atoms with Crippen molar-refractivity contribution in [2.45, 2.75) is 52.4 Å². The van der Waals surface area contributed by atoms with E-state index in [1.165, 1.54) is 115 Å². The lowest BCUT2D eigenvalue weighted by Crippen LogP contribution is -2.11. The molecule has 0 fully saturated rings. The van der Waals surface area contributed by atoms with Crippen molar-refractivity contribution in [3.63, 3.8) is 0 Å². The fraction of sp³-hybridized carbons (Fsp3) is 0.111. The predicted molar refractivity (Wildman–Crippen MR) is 318 cm³/mol. The lowest BCUT2D eigenvalue weighted by Gasteiger charge is -2.29. The molecular formula is C72H58N2. The maximum Gasteiger partial charge on any atom is 0.0541 e. The fourth-order valence-electron chi connectivity index (χ4n) is 11.4. The first-order chi connectivity index (χ1) is 35.9. The molecule has 0 saturated carbocycles. The second-order valence-electron chi connectivity index (χ2n) is 22.2. The summed E-state index contributed by atoms with van der Waals surface area (Å²) in [7, 11) is 0. The minimum Gasteiger partial charge on any atom is -0.310 e. The molecule has 1 aromatic heterocycles. The van der Waals surface area contributed by atoms with E-state index < -0.39 is 0 Å². The Morgan fingerprint density at radius 1 is 0.297 bits per heavy atom. The molecule has 0 N–H and O–H groups in total. The third kappa shape index (κ3) is 7.81. The smallest absolute Gasteiger partial charge is 0.0541 e. The van der Waals surface area contributed by atoms with E-state index >= 15 is 0 Å². The Hall–Kier alpha value is -8.72. The van der Waals surface area contributed by atoms with E-state index in [9.17, 15) is 0 Å². The van der Waals surface area contributed by atoms with Crippen LogP contribution in [0.25, 0.3) is 104 Å². The van der Waals surface area contributed by atoms with Crippen molar-refractivity contribution in [2.75, 3.05) is 4.90 Å². The Morgan fingerprint density at radius 3 is 1.19 bits per heavy atom. The molecule has 13 aromatic rings. The van der Waals surface area contributed by atoms with Crippen LogP contribution in [0.5, 0.6) is 0 Å². The first kappa shape index (κ1) is 45.2. The van der Waals surface area contributed by atoms with Gasteiger partial charge in [-0.1, -0.05) is 217 Å². The highest BCUT2D eigenvalue weighted by Crippen LogP contribution is 2.48. The molecule has 13 rings (SSSR count). The fourth-order valence-corrected chi connectivity index (χ4v) is 11.4. The quantitative estimate of drug-likeness (QED) is 0.138. The summed E-state index contributed by atoms with van der Waals surface area (Å²) in [6.07, 6.45) is 0. The molecule has 0 amide bonds. The number of nitrogens with zero attached hydrogens (tertiary/aromatic N) is 2. The molecule has 2 heteroatoms. The maximum absolute atomic E-state index is 2.53. The summed E-state index contributed by atoms with van der Waals surface area (Å²) >= 11 is 0. The van der Waals surface area contributed by atoms with Gasteiger partial charge in [0.25, 0.3) is 0 Å². The number of anilines is 3. The molecule has 0 atom stereocenters. The number of benzene rings is 12. The summed E-state index contributed by atoms with van der Waals surface area (Å²) < 4.78 is 2.53. The zero-order valence-corrected chi connectivity index (χ0v) is 43.0. The van der Waals surface area contributed by atoms with Crippen LogP contribution in [-0.2, 0) is 10.8 Å². The number of aromatic nitrogens is 1. The van der Waals surface area contributed by atoms with Crippen LogP contribution in [0.3, 0.4) is 0 Å². The molecule has 2 nitrogen and oxygen atoms in total. The van der Waals surface area contributed by atoms with Crippen LogP contribution in [0.15, 0.2) is 243 Å². The van der Waals surface area contributed by atoms with Gasteiger partial charge in [-0.15, -0.1) is 0 Å². The Kier molecular flexibility index (Phi) is 10.7. The molecule has 0 radical (unpaired) electrons. The topological polar surface area (TPSA) is 8.17 Å². The average Bonchev–Trinajstić information content (AvgIpc) is 3.76. The van der Waals surface area contributed by atoms with Crippen LogP contribution < -0.4 is 4.90 Å². The van der Waals surface area contributed by atoms with Crippen molar-refractivity contribution >= 4 is 71.2 Å². The Balaban J connectivity index is 1.03. The standard InChI is InChI=1S/C72H58N2/c1-71(2,3)57-32-40-67-63(45-57)64-46-58(72(4,5)6)33-41-68(64)74(67)66-39-31-54-28-36-61-65(38-30-53-29-37-62(66)70(54)69(53)61)73(59-34-26-52(27-35-59)51-24-22-50(23-25-51)47-16-10-7-11-17-47)60-43-55(48-18-12-8-13-19-48)42-56(44-60)49-20-14-9-15-21-49/h7-46H,1-6H3. The minimum atomic E-state index is 0.0198. The zero-order chi connectivity index (χ0) is 50.3. The minimum absolute atomic E-state index is 0.0198. The van der Waals surface area contributed by atoms with E-state index in [0.29, 0.717) is 0 Å². The highest BCUT2D eigenvalue weighted by Gasteiger charge is 2.25. The molecule has 0 aliphatic rings. The second kappa shape index (κ2) is 17.5. The lowest BCUT2D eigenvalue weighted by atomic mass is 9.85. The van der Waals surface area contributed by atoms with E-state index in [2.05, 4.69) is 294 Å². The number of hydrogen-bond acceptors (Lipinski definition) is 1. The molecule has 1 heterocycles. The first-order valence-electron chi connectivity index (χ1n) is 26.1. The first-order valence-corrected chi connectivity index (χ1v) is 26.1. The van der Waals surface area contributed by atoms with E-state index in [-0.39, 0.29) is 10.8 Å². The van der Waals surface area contributed by atoms with Crippen molar-refractivity contribution in [3.8, 4) is 50.2 Å². The summed E-state index contributed by atoms with van der Waals surface area (Å²) in [6, 6.07) is 90.4. The molecule has 0 bridgehead atoms. The van der Waals surface area contributed by atoms with Gasteiger partial charge in [-0.05, 0) is 155 Å². The van der Waals surface area contributed by atoms with Crippen LogP contribution >= 0.6 is 0 Å². The highest BCUT2D eigenvalue weighted by molar-refractivity contribution is 6.27. The van der Waals surface area contributed by atoms with Crippen molar-refractivity contribution in [2.24, 2.45) is 0 Å². The Bertz CT molecular complexity index is 4080. The molecular weight excluding hydrogens is 893 g/mol. The van der Waals surface area contributed by atoms with Gasteiger partial charge in [0.05, 0.1) is 22.4 Å². The molecule has 0 unspecified atom stereocenters. The molecule has 0 aliphatic carbocycles. The van der Waals surface area contributed by atoms with Crippen LogP contribution in [-0.4, -0.2) is 4.57 Å². The van der Waals surface area contributed by atoms with Crippen molar-refractivity contribution in [1.82, 2.24) is 4.57 Å². The van der Waals surface area contributed by atoms with Gasteiger partial charge in [-0.25, -0.2) is 0 Å². The van der Waals surface area contributed by atoms with Gasteiger partial charge in [0, 0.05) is 32.9 Å². The molecule has 0 spiro atoms. The monoisotopic (exact) mass is 950 g/mol. The average molecular weight is 951 g/mol. The van der Waals surface area contributed by atoms with Crippen LogP contribution in [0.2, 0.25) is 0 Å². The lowest BCUT2D eigenvalue weighted by molar-refractivity contribution is 0.590. The van der Waals surface area contributed by atoms with Gasteiger partial charge in [-0.2, -0.15) is 0 Å². The summed E-state index contributed by atoms with van der Waals surface area (Å²) in [4.78, 5) is 2.49. The van der Waals surface area contributed by atoms with E-state index in [1.54, 1.807) is 0 Å². The van der Waals surface area contributed by atoms with E-state index in [1.807, 2.05) is 0 Å². The van der Waals surface area contributed by atoms with Gasteiger partial charge in [0.1, 0.15) is 0 Å². The van der Waals surface area contributed by atoms with Crippen molar-refractivity contribution in [3.05, 3.63) is 254 Å². The normalized spacial score (nSPS) is 12.2. The summed E-state index contributed by atoms with van der Waals surface area (Å²) in [6.45, 7) is 13.9.